The molecular weight excluding hydrogens is 334 g/mol. The lowest BCUT2D eigenvalue weighted by Crippen LogP contribution is -2.43. The van der Waals surface area contributed by atoms with Crippen molar-refractivity contribution in [3.05, 3.63) is 45.9 Å². The molecule has 1 saturated heterocycles. The molecule has 2 aromatic rings. The number of nitrogens with one attached hydrogen (secondary N) is 2. The summed E-state index contributed by atoms with van der Waals surface area (Å²) in [6.07, 6.45) is 2.94. The summed E-state index contributed by atoms with van der Waals surface area (Å²) in [6.45, 7) is 2.07. The minimum Gasteiger partial charge on any atom is -0.378 e. The topological polar surface area (TPSA) is 63.2 Å². The van der Waals surface area contributed by atoms with Gasteiger partial charge in [-0.05, 0) is 17.7 Å². The number of aromatic nitrogens is 1. The van der Waals surface area contributed by atoms with Gasteiger partial charge in [0, 0.05) is 41.5 Å². The van der Waals surface area contributed by atoms with E-state index >= 15 is 0 Å². The fraction of sp³-hybridized carbons (Fsp3) is 0.375. The third-order valence-corrected chi connectivity index (χ3v) is 4.65. The van der Waals surface area contributed by atoms with Crippen LogP contribution in [0.25, 0.3) is 0 Å². The predicted octanol–water partition coefficient (Wildman–Crippen LogP) is 2.70. The van der Waals surface area contributed by atoms with Crippen LogP contribution in [0.1, 0.15) is 16.9 Å². The zero-order valence-corrected chi connectivity index (χ0v) is 14.1. The molecule has 5 nitrogen and oxygen atoms in total. The van der Waals surface area contributed by atoms with Crippen LogP contribution >= 0.6 is 22.9 Å². The van der Waals surface area contributed by atoms with E-state index in [2.05, 4.69) is 15.6 Å². The number of carbonyl (C=O) groups excluding carboxylic acids is 1. The van der Waals surface area contributed by atoms with Gasteiger partial charge in [0.15, 0.2) is 5.13 Å². The van der Waals surface area contributed by atoms with E-state index in [0.29, 0.717) is 24.8 Å². The van der Waals surface area contributed by atoms with Crippen molar-refractivity contribution in [3.8, 4) is 0 Å². The number of rotatable bonds is 5. The van der Waals surface area contributed by atoms with E-state index in [1.807, 2.05) is 24.3 Å². The third-order valence-electron chi connectivity index (χ3n) is 3.50. The molecule has 1 aliphatic heterocycles. The number of hydrogen-bond donors (Lipinski definition) is 2. The molecule has 0 saturated carbocycles. The molecule has 3 rings (SSSR count). The van der Waals surface area contributed by atoms with Crippen LogP contribution in [-0.2, 0) is 16.0 Å². The van der Waals surface area contributed by atoms with Crippen molar-refractivity contribution in [2.24, 2.45) is 0 Å². The van der Waals surface area contributed by atoms with E-state index in [1.165, 1.54) is 11.3 Å². The zero-order valence-electron chi connectivity index (χ0n) is 12.5. The molecule has 1 amide bonds. The third kappa shape index (κ3) is 5.00. The maximum absolute atomic E-state index is 12.0. The lowest BCUT2D eigenvalue weighted by Gasteiger charge is -2.22. The van der Waals surface area contributed by atoms with E-state index in [0.717, 1.165) is 28.4 Å². The van der Waals surface area contributed by atoms with Gasteiger partial charge in [0.25, 0.3) is 0 Å². The Bertz CT molecular complexity index is 671. The molecular formula is C16H18ClN3O2S. The van der Waals surface area contributed by atoms with Crippen molar-refractivity contribution in [2.45, 2.75) is 18.9 Å². The lowest BCUT2D eigenvalue weighted by atomic mass is 10.1. The number of anilines is 1. The minimum absolute atomic E-state index is 0.0448. The highest BCUT2D eigenvalue weighted by Gasteiger charge is 2.17. The molecule has 7 heteroatoms. The summed E-state index contributed by atoms with van der Waals surface area (Å²) >= 11 is 7.48. The Morgan fingerprint density at radius 1 is 1.52 bits per heavy atom. The highest BCUT2D eigenvalue weighted by Crippen LogP contribution is 2.22. The van der Waals surface area contributed by atoms with Crippen molar-refractivity contribution < 1.29 is 9.53 Å². The van der Waals surface area contributed by atoms with Gasteiger partial charge >= 0.3 is 0 Å². The number of thiazole rings is 1. The predicted molar refractivity (Wildman–Crippen MR) is 92.2 cm³/mol. The lowest BCUT2D eigenvalue weighted by molar-refractivity contribution is -0.117. The van der Waals surface area contributed by atoms with Crippen LogP contribution in [0.3, 0.4) is 0 Å². The summed E-state index contributed by atoms with van der Waals surface area (Å²) in [4.78, 5) is 17.4. The number of morpholine rings is 1. The smallest absolute Gasteiger partial charge is 0.227 e. The van der Waals surface area contributed by atoms with Crippen LogP contribution in [0.4, 0.5) is 5.13 Å². The van der Waals surface area contributed by atoms with Crippen LogP contribution in [0, 0.1) is 0 Å². The van der Waals surface area contributed by atoms with Crippen molar-refractivity contribution in [1.82, 2.24) is 10.3 Å². The summed E-state index contributed by atoms with van der Waals surface area (Å²) in [6, 6.07) is 7.83. The van der Waals surface area contributed by atoms with E-state index in [4.69, 9.17) is 16.3 Å². The quantitative estimate of drug-likeness (QED) is 0.869. The molecule has 1 fully saturated rings. The van der Waals surface area contributed by atoms with Crippen LogP contribution < -0.4 is 10.6 Å². The summed E-state index contributed by atoms with van der Waals surface area (Å²) in [5, 5.41) is 7.47. The molecule has 0 radical (unpaired) electrons. The zero-order chi connectivity index (χ0) is 16.1. The number of carbonyl (C=O) groups is 1. The molecule has 1 aromatic carbocycles. The molecule has 2 heterocycles. The van der Waals surface area contributed by atoms with Gasteiger partial charge in [-0.2, -0.15) is 0 Å². The highest BCUT2D eigenvalue weighted by atomic mass is 35.5. The van der Waals surface area contributed by atoms with Gasteiger partial charge in [0.05, 0.1) is 13.2 Å². The van der Waals surface area contributed by atoms with Crippen LogP contribution in [0.5, 0.6) is 0 Å². The molecule has 0 spiro atoms. The second-order valence-electron chi connectivity index (χ2n) is 5.42. The number of amides is 1. The van der Waals surface area contributed by atoms with E-state index in [9.17, 15) is 4.79 Å². The fourth-order valence-corrected chi connectivity index (χ4v) is 3.52. The van der Waals surface area contributed by atoms with Crippen molar-refractivity contribution in [3.63, 3.8) is 0 Å². The van der Waals surface area contributed by atoms with E-state index in [1.54, 1.807) is 6.20 Å². The first kappa shape index (κ1) is 16.4. The van der Waals surface area contributed by atoms with Gasteiger partial charge in [-0.25, -0.2) is 4.98 Å². The molecule has 23 heavy (non-hydrogen) atoms. The highest BCUT2D eigenvalue weighted by molar-refractivity contribution is 7.15. The van der Waals surface area contributed by atoms with Gasteiger partial charge < -0.3 is 15.4 Å². The maximum Gasteiger partial charge on any atom is 0.227 e. The largest absolute Gasteiger partial charge is 0.378 e. The van der Waals surface area contributed by atoms with E-state index < -0.39 is 0 Å². The molecule has 1 aliphatic rings. The van der Waals surface area contributed by atoms with Crippen molar-refractivity contribution in [2.75, 3.05) is 25.1 Å². The standard InChI is InChI=1S/C16H18ClN3O2S/c17-12-3-1-2-11(6-12)7-14-9-19-16(23-14)20-15(21)8-13-10-22-5-4-18-13/h1-3,6,9,13,18H,4-5,7-8,10H2,(H,19,20,21). The van der Waals surface area contributed by atoms with Crippen LogP contribution in [0.15, 0.2) is 30.5 Å². The second-order valence-corrected chi connectivity index (χ2v) is 6.97. The van der Waals surface area contributed by atoms with Gasteiger partial charge in [0.1, 0.15) is 0 Å². The molecule has 122 valence electrons. The first-order valence-corrected chi connectivity index (χ1v) is 8.68. The van der Waals surface area contributed by atoms with Gasteiger partial charge in [-0.3, -0.25) is 4.79 Å². The Morgan fingerprint density at radius 2 is 2.43 bits per heavy atom. The van der Waals surface area contributed by atoms with Crippen molar-refractivity contribution in [1.29, 1.82) is 0 Å². The van der Waals surface area contributed by atoms with Crippen LogP contribution in [-0.4, -0.2) is 36.7 Å². The minimum atomic E-state index is -0.0448. The van der Waals surface area contributed by atoms with Gasteiger partial charge in [0.2, 0.25) is 5.91 Å². The number of nitrogens with zero attached hydrogens (tertiary/aromatic N) is 1. The molecule has 1 atom stereocenters. The number of hydrogen-bond acceptors (Lipinski definition) is 5. The average molecular weight is 352 g/mol. The number of benzene rings is 1. The number of halogens is 1. The molecule has 1 unspecified atom stereocenters. The first-order chi connectivity index (χ1) is 11.2. The fourth-order valence-electron chi connectivity index (χ4n) is 2.44. The SMILES string of the molecule is O=C(CC1COCCN1)Nc1ncc(Cc2cccc(Cl)c2)s1. The Kier molecular flexibility index (Phi) is 5.61. The van der Waals surface area contributed by atoms with Gasteiger partial charge in [-0.15, -0.1) is 11.3 Å². The molecule has 2 N–H and O–H groups in total. The monoisotopic (exact) mass is 351 g/mol. The average Bonchev–Trinajstić information content (AvgIpc) is 2.95. The Balaban J connectivity index is 1.53. The van der Waals surface area contributed by atoms with Crippen molar-refractivity contribution >= 4 is 34.0 Å². The first-order valence-electron chi connectivity index (χ1n) is 7.49. The summed E-state index contributed by atoms with van der Waals surface area (Å²) < 4.78 is 5.35. The second kappa shape index (κ2) is 7.88. The van der Waals surface area contributed by atoms with Crippen LogP contribution in [0.2, 0.25) is 5.02 Å². The van der Waals surface area contributed by atoms with E-state index in [-0.39, 0.29) is 11.9 Å². The molecule has 0 bridgehead atoms. The summed E-state index contributed by atoms with van der Waals surface area (Å²) in [5.74, 6) is -0.0448. The maximum atomic E-state index is 12.0. The Hall–Kier alpha value is -1.47. The Labute approximate surface area is 144 Å². The van der Waals surface area contributed by atoms with Gasteiger partial charge in [-0.1, -0.05) is 23.7 Å². The molecule has 0 aliphatic carbocycles. The number of ether oxygens (including phenoxy) is 1. The Morgan fingerprint density at radius 3 is 3.22 bits per heavy atom. The summed E-state index contributed by atoms with van der Waals surface area (Å²) in [5.41, 5.74) is 1.13. The normalized spacial score (nSPS) is 17.9. The molecule has 1 aromatic heterocycles. The summed E-state index contributed by atoms with van der Waals surface area (Å²) in [7, 11) is 0.